The van der Waals surface area contributed by atoms with Gasteiger partial charge in [0.15, 0.2) is 0 Å². The van der Waals surface area contributed by atoms with Gasteiger partial charge in [0.2, 0.25) is 5.78 Å². The number of aromatic nitrogens is 1. The Hall–Kier alpha value is -3.14. The molecular formula is C22H19NO3. The van der Waals surface area contributed by atoms with Gasteiger partial charge in [0.25, 0.3) is 0 Å². The van der Waals surface area contributed by atoms with Crippen LogP contribution in [0.3, 0.4) is 0 Å². The van der Waals surface area contributed by atoms with E-state index in [-0.39, 0.29) is 5.78 Å². The molecule has 0 fully saturated rings. The molecule has 2 heterocycles. The number of nitrogens with zero attached hydrogens (tertiary/aromatic N) is 1. The van der Waals surface area contributed by atoms with Gasteiger partial charge in [0, 0.05) is 17.8 Å². The zero-order valence-electron chi connectivity index (χ0n) is 14.3. The number of aliphatic carboxylic acids is 1. The third kappa shape index (κ3) is 2.94. The second kappa shape index (κ2) is 6.64. The number of carboxylic acid groups (broad SMARTS) is 1. The van der Waals surface area contributed by atoms with Gasteiger partial charge < -0.3 is 9.67 Å². The molecule has 1 N–H and O–H groups in total. The molecule has 1 atom stereocenters. The Morgan fingerprint density at radius 1 is 0.923 bits per heavy atom. The Morgan fingerprint density at radius 3 is 2.31 bits per heavy atom. The number of carbonyl (C=O) groups is 2. The molecule has 0 saturated carbocycles. The SMILES string of the molecule is O=C(c1ccc(Cc2ccccc2)cc1)c1ccc2n1CCC2C(=O)O. The Kier molecular flexibility index (Phi) is 4.17. The van der Waals surface area contributed by atoms with Crippen LogP contribution < -0.4 is 0 Å². The fourth-order valence-electron chi connectivity index (χ4n) is 3.64. The summed E-state index contributed by atoms with van der Waals surface area (Å²) in [5.74, 6) is -1.40. The summed E-state index contributed by atoms with van der Waals surface area (Å²) in [5.41, 5.74) is 4.30. The van der Waals surface area contributed by atoms with Gasteiger partial charge in [0.1, 0.15) is 0 Å². The van der Waals surface area contributed by atoms with E-state index >= 15 is 0 Å². The predicted molar refractivity (Wildman–Crippen MR) is 98.5 cm³/mol. The maximum absolute atomic E-state index is 12.8. The second-order valence-corrected chi connectivity index (χ2v) is 6.66. The Morgan fingerprint density at radius 2 is 1.62 bits per heavy atom. The molecule has 2 aromatic carbocycles. The molecule has 4 heteroatoms. The van der Waals surface area contributed by atoms with Gasteiger partial charge in [-0.3, -0.25) is 9.59 Å². The summed E-state index contributed by atoms with van der Waals surface area (Å²) in [6.45, 7) is 0.576. The lowest BCUT2D eigenvalue weighted by Gasteiger charge is -2.07. The van der Waals surface area contributed by atoms with Gasteiger partial charge in [-0.25, -0.2) is 0 Å². The maximum Gasteiger partial charge on any atom is 0.312 e. The first-order valence-corrected chi connectivity index (χ1v) is 8.73. The molecule has 1 aliphatic heterocycles. The van der Waals surface area contributed by atoms with Gasteiger partial charge in [-0.1, -0.05) is 54.6 Å². The Labute approximate surface area is 151 Å². The lowest BCUT2D eigenvalue weighted by Crippen LogP contribution is -2.10. The van der Waals surface area contributed by atoms with Crippen LogP contribution in [0.15, 0.2) is 66.7 Å². The highest BCUT2D eigenvalue weighted by Crippen LogP contribution is 2.31. The van der Waals surface area contributed by atoms with E-state index in [0.717, 1.165) is 17.7 Å². The topological polar surface area (TPSA) is 59.3 Å². The Bertz CT molecular complexity index is 955. The smallest absolute Gasteiger partial charge is 0.312 e. The first-order valence-electron chi connectivity index (χ1n) is 8.73. The molecule has 1 unspecified atom stereocenters. The highest BCUT2D eigenvalue weighted by Gasteiger charge is 2.31. The zero-order valence-corrected chi connectivity index (χ0v) is 14.3. The number of benzene rings is 2. The molecule has 0 amide bonds. The third-order valence-corrected chi connectivity index (χ3v) is 5.01. The molecule has 3 aromatic rings. The molecule has 4 rings (SSSR count). The monoisotopic (exact) mass is 345 g/mol. The van der Waals surface area contributed by atoms with Gasteiger partial charge in [0.05, 0.1) is 11.6 Å². The van der Waals surface area contributed by atoms with Crippen LogP contribution in [-0.4, -0.2) is 21.4 Å². The highest BCUT2D eigenvalue weighted by molar-refractivity contribution is 6.08. The minimum atomic E-state index is -0.828. The zero-order chi connectivity index (χ0) is 18.1. The molecule has 0 spiro atoms. The van der Waals surface area contributed by atoms with Crippen LogP contribution >= 0.6 is 0 Å². The van der Waals surface area contributed by atoms with E-state index < -0.39 is 11.9 Å². The summed E-state index contributed by atoms with van der Waals surface area (Å²) >= 11 is 0. The molecule has 0 aliphatic carbocycles. The molecule has 1 aromatic heterocycles. The van der Waals surface area contributed by atoms with E-state index in [1.807, 2.05) is 47.0 Å². The fraction of sp³-hybridized carbons (Fsp3) is 0.182. The molecule has 130 valence electrons. The van der Waals surface area contributed by atoms with Crippen molar-refractivity contribution < 1.29 is 14.7 Å². The van der Waals surface area contributed by atoms with E-state index in [4.69, 9.17) is 0 Å². The van der Waals surface area contributed by atoms with Crippen molar-refractivity contribution >= 4 is 11.8 Å². The summed E-state index contributed by atoms with van der Waals surface area (Å²) in [6, 6.07) is 21.4. The van der Waals surface area contributed by atoms with Crippen molar-refractivity contribution in [2.45, 2.75) is 25.3 Å². The minimum Gasteiger partial charge on any atom is -0.481 e. The number of carboxylic acids is 1. The fourth-order valence-corrected chi connectivity index (χ4v) is 3.64. The van der Waals surface area contributed by atoms with Crippen molar-refractivity contribution in [3.05, 3.63) is 94.8 Å². The van der Waals surface area contributed by atoms with E-state index in [1.165, 1.54) is 5.56 Å². The van der Waals surface area contributed by atoms with Gasteiger partial charge >= 0.3 is 5.97 Å². The quantitative estimate of drug-likeness (QED) is 0.714. The lowest BCUT2D eigenvalue weighted by atomic mass is 10.0. The third-order valence-electron chi connectivity index (χ3n) is 5.01. The normalized spacial score (nSPS) is 15.6. The van der Waals surface area contributed by atoms with Crippen molar-refractivity contribution in [1.29, 1.82) is 0 Å². The van der Waals surface area contributed by atoms with Crippen molar-refractivity contribution in [3.63, 3.8) is 0 Å². The molecule has 26 heavy (non-hydrogen) atoms. The summed E-state index contributed by atoms with van der Waals surface area (Å²) < 4.78 is 1.85. The maximum atomic E-state index is 12.8. The molecule has 0 bridgehead atoms. The van der Waals surface area contributed by atoms with Crippen LogP contribution in [0, 0.1) is 0 Å². The van der Waals surface area contributed by atoms with Crippen LogP contribution in [0.25, 0.3) is 0 Å². The number of hydrogen-bond acceptors (Lipinski definition) is 2. The van der Waals surface area contributed by atoms with Gasteiger partial charge in [-0.15, -0.1) is 0 Å². The summed E-state index contributed by atoms with van der Waals surface area (Å²) in [5, 5.41) is 9.28. The first-order chi connectivity index (χ1) is 12.6. The molecular weight excluding hydrogens is 326 g/mol. The number of ketones is 1. The average Bonchev–Trinajstić information content (AvgIpc) is 3.24. The lowest BCUT2D eigenvalue weighted by molar-refractivity contribution is -0.138. The summed E-state index contributed by atoms with van der Waals surface area (Å²) in [7, 11) is 0. The number of carbonyl (C=O) groups excluding carboxylic acids is 1. The van der Waals surface area contributed by atoms with Crippen LogP contribution in [0.1, 0.15) is 45.2 Å². The largest absolute Gasteiger partial charge is 0.481 e. The van der Waals surface area contributed by atoms with E-state index in [1.54, 1.807) is 12.1 Å². The number of fused-ring (bicyclic) bond motifs is 1. The van der Waals surface area contributed by atoms with Gasteiger partial charge in [-0.2, -0.15) is 0 Å². The van der Waals surface area contributed by atoms with Crippen molar-refractivity contribution in [2.24, 2.45) is 0 Å². The second-order valence-electron chi connectivity index (χ2n) is 6.66. The first kappa shape index (κ1) is 16.3. The molecule has 1 aliphatic rings. The standard InChI is InChI=1S/C22H19NO3/c24-21(20-11-10-19-18(22(25)26)12-13-23(19)20)17-8-6-16(7-9-17)14-15-4-2-1-3-5-15/h1-11,18H,12-14H2,(H,25,26). The van der Waals surface area contributed by atoms with E-state index in [0.29, 0.717) is 24.2 Å². The van der Waals surface area contributed by atoms with Crippen molar-refractivity contribution in [2.75, 3.05) is 0 Å². The van der Waals surface area contributed by atoms with Crippen LogP contribution in [-0.2, 0) is 17.8 Å². The average molecular weight is 345 g/mol. The summed E-state index contributed by atoms with van der Waals surface area (Å²) in [4.78, 5) is 24.1. The van der Waals surface area contributed by atoms with E-state index in [2.05, 4.69) is 12.1 Å². The highest BCUT2D eigenvalue weighted by atomic mass is 16.4. The minimum absolute atomic E-state index is 0.0615. The van der Waals surface area contributed by atoms with E-state index in [9.17, 15) is 14.7 Å². The van der Waals surface area contributed by atoms with Gasteiger partial charge in [-0.05, 0) is 36.1 Å². The predicted octanol–water partition coefficient (Wildman–Crippen LogP) is 3.88. The van der Waals surface area contributed by atoms with Crippen molar-refractivity contribution in [3.8, 4) is 0 Å². The number of hydrogen-bond donors (Lipinski definition) is 1. The molecule has 4 nitrogen and oxygen atoms in total. The van der Waals surface area contributed by atoms with Crippen LogP contribution in [0.5, 0.6) is 0 Å². The van der Waals surface area contributed by atoms with Crippen molar-refractivity contribution in [1.82, 2.24) is 4.57 Å². The molecule has 0 saturated heterocycles. The summed E-state index contributed by atoms with van der Waals surface area (Å²) in [6.07, 6.45) is 1.37. The molecule has 0 radical (unpaired) electrons. The Balaban J connectivity index is 1.54. The number of rotatable bonds is 5. The van der Waals surface area contributed by atoms with Crippen LogP contribution in [0.2, 0.25) is 0 Å². The van der Waals surface area contributed by atoms with Crippen LogP contribution in [0.4, 0.5) is 0 Å².